The average Bonchev–Trinajstić information content (AvgIpc) is 2.46. The number of nitrogens with one attached hydrogen (secondary N) is 1. The number of aliphatic hydroxyl groups is 1. The number of hydrogen-bond acceptors (Lipinski definition) is 4. The molecule has 1 heterocycles. The van der Waals surface area contributed by atoms with Gasteiger partial charge in [0.2, 0.25) is 10.0 Å². The molecule has 1 saturated heterocycles. The van der Waals surface area contributed by atoms with E-state index < -0.39 is 10.0 Å². The Labute approximate surface area is 126 Å². The van der Waals surface area contributed by atoms with Gasteiger partial charge < -0.3 is 9.84 Å². The van der Waals surface area contributed by atoms with Crippen LogP contribution in [0.15, 0.2) is 17.0 Å². The normalized spacial score (nSPS) is 19.7. The molecule has 1 atom stereocenters. The van der Waals surface area contributed by atoms with E-state index in [1.54, 1.807) is 19.1 Å². The molecule has 1 aromatic carbocycles. The molecule has 6 heteroatoms. The molecule has 0 amide bonds. The highest BCUT2D eigenvalue weighted by Crippen LogP contribution is 2.21. The minimum Gasteiger partial charge on any atom is -0.392 e. The number of hydrogen-bond donors (Lipinski definition) is 2. The van der Waals surface area contributed by atoms with Crippen LogP contribution in [-0.2, 0) is 21.4 Å². The Bertz CT molecular complexity index is 592. The number of sulfonamides is 1. The summed E-state index contributed by atoms with van der Waals surface area (Å²) in [5, 5.41) is 9.30. The van der Waals surface area contributed by atoms with Gasteiger partial charge in [0.15, 0.2) is 0 Å². The first kappa shape index (κ1) is 16.4. The quantitative estimate of drug-likeness (QED) is 0.866. The zero-order valence-electron chi connectivity index (χ0n) is 12.6. The predicted molar refractivity (Wildman–Crippen MR) is 80.6 cm³/mol. The first-order valence-electron chi connectivity index (χ1n) is 7.26. The van der Waals surface area contributed by atoms with Gasteiger partial charge in [-0.05, 0) is 55.9 Å². The second-order valence-electron chi connectivity index (χ2n) is 5.54. The Morgan fingerprint density at radius 3 is 2.67 bits per heavy atom. The van der Waals surface area contributed by atoms with Gasteiger partial charge >= 0.3 is 0 Å². The Morgan fingerprint density at radius 1 is 1.29 bits per heavy atom. The lowest BCUT2D eigenvalue weighted by Crippen LogP contribution is -2.35. The van der Waals surface area contributed by atoms with Crippen molar-refractivity contribution in [2.45, 2.75) is 50.7 Å². The van der Waals surface area contributed by atoms with Crippen LogP contribution in [0.3, 0.4) is 0 Å². The Morgan fingerprint density at radius 2 is 2.05 bits per heavy atom. The summed E-state index contributed by atoms with van der Waals surface area (Å²) in [4.78, 5) is 0.230. The smallest absolute Gasteiger partial charge is 0.240 e. The minimum atomic E-state index is -3.58. The van der Waals surface area contributed by atoms with E-state index in [9.17, 15) is 13.5 Å². The molecule has 2 rings (SSSR count). The van der Waals surface area contributed by atoms with Crippen molar-refractivity contribution in [2.75, 3.05) is 13.2 Å². The maximum atomic E-state index is 12.4. The zero-order chi connectivity index (χ0) is 15.5. The fourth-order valence-electron chi connectivity index (χ4n) is 2.58. The molecular weight excluding hydrogens is 290 g/mol. The summed E-state index contributed by atoms with van der Waals surface area (Å²) >= 11 is 0. The number of ether oxygens (including phenoxy) is 1. The van der Waals surface area contributed by atoms with Crippen LogP contribution >= 0.6 is 0 Å². The summed E-state index contributed by atoms with van der Waals surface area (Å²) in [6.45, 7) is 4.45. The van der Waals surface area contributed by atoms with E-state index in [0.29, 0.717) is 24.3 Å². The van der Waals surface area contributed by atoms with E-state index in [-0.39, 0.29) is 17.6 Å². The molecule has 5 nitrogen and oxygen atoms in total. The van der Waals surface area contributed by atoms with E-state index in [0.717, 1.165) is 24.8 Å². The van der Waals surface area contributed by atoms with Crippen LogP contribution in [-0.4, -0.2) is 32.8 Å². The fourth-order valence-corrected chi connectivity index (χ4v) is 3.92. The Hall–Kier alpha value is -0.950. The van der Waals surface area contributed by atoms with E-state index >= 15 is 0 Å². The summed E-state index contributed by atoms with van der Waals surface area (Å²) in [7, 11) is -3.58. The molecule has 2 N–H and O–H groups in total. The van der Waals surface area contributed by atoms with Crippen molar-refractivity contribution in [3.8, 4) is 0 Å². The SMILES string of the molecule is Cc1cc(C)c(S(=O)(=O)NCC2CCCCO2)cc1CO. The van der Waals surface area contributed by atoms with Gasteiger partial charge in [-0.2, -0.15) is 0 Å². The van der Waals surface area contributed by atoms with Gasteiger partial charge in [0.05, 0.1) is 17.6 Å². The van der Waals surface area contributed by atoms with Crippen molar-refractivity contribution in [3.05, 3.63) is 28.8 Å². The maximum absolute atomic E-state index is 12.4. The van der Waals surface area contributed by atoms with E-state index in [4.69, 9.17) is 4.74 Å². The van der Waals surface area contributed by atoms with E-state index in [1.807, 2.05) is 6.92 Å². The minimum absolute atomic E-state index is 0.0448. The van der Waals surface area contributed by atoms with Gasteiger partial charge in [-0.3, -0.25) is 0 Å². The molecule has 0 saturated carbocycles. The van der Waals surface area contributed by atoms with Crippen LogP contribution in [0.4, 0.5) is 0 Å². The van der Waals surface area contributed by atoms with Crippen molar-refractivity contribution < 1.29 is 18.3 Å². The fraction of sp³-hybridized carbons (Fsp3) is 0.600. The molecule has 1 aromatic rings. The lowest BCUT2D eigenvalue weighted by molar-refractivity contribution is 0.0200. The van der Waals surface area contributed by atoms with Crippen LogP contribution in [0.5, 0.6) is 0 Å². The highest BCUT2D eigenvalue weighted by molar-refractivity contribution is 7.89. The van der Waals surface area contributed by atoms with Gasteiger partial charge in [-0.15, -0.1) is 0 Å². The largest absolute Gasteiger partial charge is 0.392 e. The topological polar surface area (TPSA) is 75.6 Å². The van der Waals surface area contributed by atoms with Crippen molar-refractivity contribution >= 4 is 10.0 Å². The Balaban J connectivity index is 2.15. The molecular formula is C15H23NO4S. The third kappa shape index (κ3) is 4.03. The second kappa shape index (κ2) is 6.87. The molecule has 0 spiro atoms. The van der Waals surface area contributed by atoms with Crippen LogP contribution in [0, 0.1) is 13.8 Å². The van der Waals surface area contributed by atoms with Gasteiger partial charge in [0.1, 0.15) is 0 Å². The molecule has 0 bridgehead atoms. The van der Waals surface area contributed by atoms with E-state index in [2.05, 4.69) is 4.72 Å². The van der Waals surface area contributed by atoms with Gasteiger partial charge in [-0.25, -0.2) is 13.1 Å². The zero-order valence-corrected chi connectivity index (χ0v) is 13.4. The average molecular weight is 313 g/mol. The molecule has 1 fully saturated rings. The molecule has 1 aliphatic rings. The summed E-state index contributed by atoms with van der Waals surface area (Å²) in [6, 6.07) is 3.34. The van der Waals surface area contributed by atoms with Gasteiger partial charge in [0.25, 0.3) is 0 Å². The monoisotopic (exact) mass is 313 g/mol. The molecule has 1 unspecified atom stereocenters. The lowest BCUT2D eigenvalue weighted by atomic mass is 10.1. The molecule has 118 valence electrons. The molecule has 0 aromatic heterocycles. The third-order valence-electron chi connectivity index (χ3n) is 3.87. The summed E-state index contributed by atoms with van der Waals surface area (Å²) < 4.78 is 33.0. The van der Waals surface area contributed by atoms with Crippen molar-refractivity contribution in [3.63, 3.8) is 0 Å². The predicted octanol–water partition coefficient (Wildman–Crippen LogP) is 1.64. The summed E-state index contributed by atoms with van der Waals surface area (Å²) in [5.74, 6) is 0. The third-order valence-corrected chi connectivity index (χ3v) is 5.43. The van der Waals surface area contributed by atoms with Crippen LogP contribution in [0.2, 0.25) is 0 Å². The molecule has 0 aliphatic carbocycles. The lowest BCUT2D eigenvalue weighted by Gasteiger charge is -2.23. The maximum Gasteiger partial charge on any atom is 0.240 e. The van der Waals surface area contributed by atoms with Crippen LogP contribution in [0.25, 0.3) is 0 Å². The van der Waals surface area contributed by atoms with Crippen molar-refractivity contribution in [2.24, 2.45) is 0 Å². The number of aliphatic hydroxyl groups excluding tert-OH is 1. The van der Waals surface area contributed by atoms with Crippen molar-refractivity contribution in [1.29, 1.82) is 0 Å². The first-order chi connectivity index (χ1) is 9.94. The van der Waals surface area contributed by atoms with Crippen LogP contribution < -0.4 is 4.72 Å². The number of benzene rings is 1. The van der Waals surface area contributed by atoms with Gasteiger partial charge in [-0.1, -0.05) is 6.07 Å². The highest BCUT2D eigenvalue weighted by Gasteiger charge is 2.21. The molecule has 1 aliphatic heterocycles. The number of rotatable bonds is 5. The highest BCUT2D eigenvalue weighted by atomic mass is 32.2. The molecule has 21 heavy (non-hydrogen) atoms. The second-order valence-corrected chi connectivity index (χ2v) is 7.28. The van der Waals surface area contributed by atoms with Crippen molar-refractivity contribution in [1.82, 2.24) is 4.72 Å². The van der Waals surface area contributed by atoms with Gasteiger partial charge in [0, 0.05) is 13.2 Å². The number of aryl methyl sites for hydroxylation is 2. The summed E-state index contributed by atoms with van der Waals surface area (Å²) in [6.07, 6.45) is 2.96. The first-order valence-corrected chi connectivity index (χ1v) is 8.74. The summed E-state index contributed by atoms with van der Waals surface area (Å²) in [5.41, 5.74) is 2.21. The Kier molecular flexibility index (Phi) is 5.37. The van der Waals surface area contributed by atoms with Crippen LogP contribution in [0.1, 0.15) is 36.0 Å². The van der Waals surface area contributed by atoms with E-state index in [1.165, 1.54) is 0 Å². The molecule has 0 radical (unpaired) electrons. The standard InChI is InChI=1S/C15H23NO4S/c1-11-7-12(2)15(8-13(11)10-17)21(18,19)16-9-14-5-3-4-6-20-14/h7-8,14,16-17H,3-6,9-10H2,1-2H3.